The van der Waals surface area contributed by atoms with Crippen LogP contribution in [0.5, 0.6) is 0 Å². The first-order valence-corrected chi connectivity index (χ1v) is 7.42. The van der Waals surface area contributed by atoms with Gasteiger partial charge in [0.25, 0.3) is 0 Å². The number of aromatic nitrogens is 2. The quantitative estimate of drug-likeness (QED) is 0.840. The minimum absolute atomic E-state index is 0.0331. The second-order valence-corrected chi connectivity index (χ2v) is 6.00. The Kier molecular flexibility index (Phi) is 2.43. The van der Waals surface area contributed by atoms with Crippen LogP contribution >= 0.6 is 0 Å². The molecule has 1 spiro atoms. The first-order chi connectivity index (χ1) is 9.71. The average Bonchev–Trinajstić information content (AvgIpc) is 3.00. The van der Waals surface area contributed by atoms with Crippen molar-refractivity contribution in [1.82, 2.24) is 9.78 Å². The number of aryl methyl sites for hydroxylation is 2. The molecular weight excluding hydrogens is 250 g/mol. The molecule has 1 aromatic heterocycles. The van der Waals surface area contributed by atoms with Gasteiger partial charge in [0.1, 0.15) is 5.60 Å². The maximum atomic E-state index is 5.68. The van der Waals surface area contributed by atoms with Crippen LogP contribution in [0.4, 0.5) is 0 Å². The van der Waals surface area contributed by atoms with E-state index < -0.39 is 0 Å². The highest BCUT2D eigenvalue weighted by molar-refractivity contribution is 6.04. The first-order valence-electron chi connectivity index (χ1n) is 7.42. The Morgan fingerprint density at radius 2 is 2.20 bits per heavy atom. The largest absolute Gasteiger partial charge is 0.389 e. The van der Waals surface area contributed by atoms with Crippen LogP contribution in [-0.2, 0) is 18.3 Å². The van der Waals surface area contributed by atoms with Gasteiger partial charge in [-0.3, -0.25) is 4.68 Å². The molecule has 104 valence electrons. The van der Waals surface area contributed by atoms with E-state index in [0.29, 0.717) is 0 Å². The van der Waals surface area contributed by atoms with Crippen LogP contribution in [0.1, 0.15) is 43.9 Å². The van der Waals surface area contributed by atoms with E-state index in [1.807, 2.05) is 11.7 Å². The average molecular weight is 269 g/mol. The van der Waals surface area contributed by atoms with Crippen LogP contribution in [0.2, 0.25) is 0 Å². The fourth-order valence-electron chi connectivity index (χ4n) is 3.29. The van der Waals surface area contributed by atoms with Gasteiger partial charge in [-0.1, -0.05) is 24.2 Å². The fourth-order valence-corrected chi connectivity index (χ4v) is 3.29. The number of rotatable bonds is 2. The molecule has 4 heteroatoms. The van der Waals surface area contributed by atoms with Gasteiger partial charge in [-0.15, -0.1) is 0 Å². The van der Waals surface area contributed by atoms with E-state index in [-0.39, 0.29) is 5.60 Å². The minimum Gasteiger partial charge on any atom is -0.389 e. The molecule has 1 aliphatic carbocycles. The molecule has 0 atom stereocenters. The second-order valence-electron chi connectivity index (χ2n) is 6.00. The SMILES string of the molecule is CCc1nn(C)c2cc(C3=NOC4(CCC4)C3)ccc12. The predicted octanol–water partition coefficient (Wildman–Crippen LogP) is 3.18. The molecule has 1 aliphatic heterocycles. The highest BCUT2D eigenvalue weighted by Crippen LogP contribution is 2.43. The van der Waals surface area contributed by atoms with E-state index in [2.05, 4.69) is 35.4 Å². The highest BCUT2D eigenvalue weighted by atomic mass is 16.7. The number of fused-ring (bicyclic) bond motifs is 1. The normalized spacial score (nSPS) is 20.0. The second kappa shape index (κ2) is 4.08. The van der Waals surface area contributed by atoms with Crippen molar-refractivity contribution in [3.63, 3.8) is 0 Å². The Labute approximate surface area is 118 Å². The summed E-state index contributed by atoms with van der Waals surface area (Å²) in [5, 5.41) is 10.2. The number of benzene rings is 1. The molecule has 20 heavy (non-hydrogen) atoms. The Hall–Kier alpha value is -1.84. The van der Waals surface area contributed by atoms with Crippen molar-refractivity contribution in [3.8, 4) is 0 Å². The number of nitrogens with zero attached hydrogens (tertiary/aromatic N) is 3. The molecule has 0 bridgehead atoms. The summed E-state index contributed by atoms with van der Waals surface area (Å²) in [6.45, 7) is 2.14. The molecule has 0 radical (unpaired) electrons. The Morgan fingerprint density at radius 1 is 1.35 bits per heavy atom. The Balaban J connectivity index is 1.73. The van der Waals surface area contributed by atoms with Crippen molar-refractivity contribution in [2.75, 3.05) is 0 Å². The van der Waals surface area contributed by atoms with Gasteiger partial charge in [0, 0.05) is 24.4 Å². The van der Waals surface area contributed by atoms with Gasteiger partial charge in [0.05, 0.1) is 16.9 Å². The van der Waals surface area contributed by atoms with Gasteiger partial charge in [0.2, 0.25) is 0 Å². The molecule has 2 aromatic rings. The van der Waals surface area contributed by atoms with Crippen LogP contribution in [0.15, 0.2) is 23.4 Å². The minimum atomic E-state index is 0.0331. The summed E-state index contributed by atoms with van der Waals surface area (Å²) in [4.78, 5) is 5.68. The fraction of sp³-hybridized carbons (Fsp3) is 0.500. The topological polar surface area (TPSA) is 39.4 Å². The zero-order valence-electron chi connectivity index (χ0n) is 12.0. The van der Waals surface area contributed by atoms with E-state index in [0.717, 1.165) is 37.1 Å². The van der Waals surface area contributed by atoms with Crippen molar-refractivity contribution < 1.29 is 4.84 Å². The van der Waals surface area contributed by atoms with Gasteiger partial charge < -0.3 is 4.84 Å². The van der Waals surface area contributed by atoms with Crippen molar-refractivity contribution in [1.29, 1.82) is 0 Å². The molecule has 0 amide bonds. The molecule has 2 aliphatic rings. The van der Waals surface area contributed by atoms with Crippen LogP contribution in [0.3, 0.4) is 0 Å². The summed E-state index contributed by atoms with van der Waals surface area (Å²) in [5.74, 6) is 0. The van der Waals surface area contributed by atoms with E-state index in [1.165, 1.54) is 22.9 Å². The highest BCUT2D eigenvalue weighted by Gasteiger charge is 2.44. The van der Waals surface area contributed by atoms with Gasteiger partial charge in [-0.25, -0.2) is 0 Å². The van der Waals surface area contributed by atoms with E-state index in [4.69, 9.17) is 4.84 Å². The van der Waals surface area contributed by atoms with Crippen molar-refractivity contribution >= 4 is 16.6 Å². The molecule has 0 saturated heterocycles. The maximum Gasteiger partial charge on any atom is 0.143 e. The number of hydrogen-bond acceptors (Lipinski definition) is 3. The lowest BCUT2D eigenvalue weighted by Gasteiger charge is -2.34. The third-order valence-corrected chi connectivity index (χ3v) is 4.70. The summed E-state index contributed by atoms with van der Waals surface area (Å²) >= 11 is 0. The Morgan fingerprint density at radius 3 is 2.85 bits per heavy atom. The Bertz CT molecular complexity index is 710. The molecule has 4 nitrogen and oxygen atoms in total. The zero-order valence-corrected chi connectivity index (χ0v) is 12.0. The standard InChI is InChI=1S/C16H19N3O/c1-3-13-12-6-5-11(9-15(12)19(2)17-13)14-10-16(20-18-14)7-4-8-16/h5-6,9H,3-4,7-8,10H2,1-2H3. The van der Waals surface area contributed by atoms with Crippen molar-refractivity contribution in [2.24, 2.45) is 12.2 Å². The van der Waals surface area contributed by atoms with Crippen LogP contribution in [0, 0.1) is 0 Å². The lowest BCUT2D eigenvalue weighted by atomic mass is 9.76. The number of oxime groups is 1. The molecule has 1 aromatic carbocycles. The van der Waals surface area contributed by atoms with Crippen LogP contribution in [-0.4, -0.2) is 21.1 Å². The van der Waals surface area contributed by atoms with Gasteiger partial charge in [0.15, 0.2) is 0 Å². The molecule has 1 saturated carbocycles. The first kappa shape index (κ1) is 11.9. The summed E-state index contributed by atoms with van der Waals surface area (Å²) in [7, 11) is 2.01. The summed E-state index contributed by atoms with van der Waals surface area (Å²) in [5.41, 5.74) is 4.63. The lowest BCUT2D eigenvalue weighted by molar-refractivity contribution is -0.0755. The van der Waals surface area contributed by atoms with E-state index >= 15 is 0 Å². The summed E-state index contributed by atoms with van der Waals surface area (Å²) in [6, 6.07) is 6.52. The molecule has 4 rings (SSSR count). The lowest BCUT2D eigenvalue weighted by Crippen LogP contribution is -2.36. The van der Waals surface area contributed by atoms with Gasteiger partial charge in [-0.05, 0) is 31.7 Å². The summed E-state index contributed by atoms with van der Waals surface area (Å²) < 4.78 is 1.97. The van der Waals surface area contributed by atoms with Crippen molar-refractivity contribution in [2.45, 2.75) is 44.6 Å². The number of hydrogen-bond donors (Lipinski definition) is 0. The van der Waals surface area contributed by atoms with Crippen LogP contribution < -0.4 is 0 Å². The predicted molar refractivity (Wildman–Crippen MR) is 78.9 cm³/mol. The third-order valence-electron chi connectivity index (χ3n) is 4.70. The van der Waals surface area contributed by atoms with Crippen molar-refractivity contribution in [3.05, 3.63) is 29.5 Å². The van der Waals surface area contributed by atoms with Gasteiger partial charge >= 0.3 is 0 Å². The monoisotopic (exact) mass is 269 g/mol. The molecule has 1 fully saturated rings. The molecular formula is C16H19N3O. The molecule has 0 unspecified atom stereocenters. The molecule has 2 heterocycles. The van der Waals surface area contributed by atoms with Gasteiger partial charge in [-0.2, -0.15) is 5.10 Å². The van der Waals surface area contributed by atoms with E-state index in [1.54, 1.807) is 0 Å². The smallest absolute Gasteiger partial charge is 0.143 e. The molecule has 0 N–H and O–H groups in total. The van der Waals surface area contributed by atoms with E-state index in [9.17, 15) is 0 Å². The zero-order chi connectivity index (χ0) is 13.7. The maximum absolute atomic E-state index is 5.68. The summed E-state index contributed by atoms with van der Waals surface area (Å²) in [6.07, 6.45) is 5.48. The third kappa shape index (κ3) is 1.60. The van der Waals surface area contributed by atoms with Crippen LogP contribution in [0.25, 0.3) is 10.9 Å².